The van der Waals surface area contributed by atoms with Crippen LogP contribution in [-0.4, -0.2) is 49.5 Å². The number of likely N-dealkylation sites (N-methyl/N-ethyl adjacent to an activating group) is 1. The number of hydrogen-bond donors (Lipinski definition) is 1. The quantitative estimate of drug-likeness (QED) is 0.858. The molecule has 1 saturated heterocycles. The van der Waals surface area contributed by atoms with Crippen LogP contribution in [0, 0.1) is 5.92 Å². The minimum Gasteiger partial charge on any atom is -0.482 e. The lowest BCUT2D eigenvalue weighted by atomic mass is 9.79. The van der Waals surface area contributed by atoms with Crippen LogP contribution in [0.25, 0.3) is 0 Å². The fourth-order valence-corrected chi connectivity index (χ4v) is 3.38. The van der Waals surface area contributed by atoms with E-state index in [0.29, 0.717) is 5.92 Å². The highest BCUT2D eigenvalue weighted by atomic mass is 16.5. The Hall–Kier alpha value is -1.53. The van der Waals surface area contributed by atoms with Gasteiger partial charge in [-0.2, -0.15) is 0 Å². The zero-order valence-electron chi connectivity index (χ0n) is 13.3. The fourth-order valence-electron chi connectivity index (χ4n) is 3.38. The summed E-state index contributed by atoms with van der Waals surface area (Å²) in [5, 5.41) is 9.75. The Balaban J connectivity index is 1.72. The molecular formula is C16H23BN2O3. The molecule has 0 radical (unpaired) electrons. The minimum atomic E-state index is -0.372. The Morgan fingerprint density at radius 1 is 1.45 bits per heavy atom. The second-order valence-corrected chi connectivity index (χ2v) is 6.38. The first kappa shape index (κ1) is 15.4. The second kappa shape index (κ2) is 6.30. The molecule has 1 N–H and O–H groups in total. The van der Waals surface area contributed by atoms with Gasteiger partial charge in [-0.25, -0.2) is 0 Å². The van der Waals surface area contributed by atoms with E-state index in [-0.39, 0.29) is 19.6 Å². The Labute approximate surface area is 132 Å². The van der Waals surface area contributed by atoms with E-state index in [0.717, 1.165) is 37.4 Å². The number of amides is 1. The predicted octanol–water partition coefficient (Wildman–Crippen LogP) is 1.41. The van der Waals surface area contributed by atoms with Crippen LogP contribution < -0.4 is 9.64 Å². The van der Waals surface area contributed by atoms with E-state index in [9.17, 15) is 9.82 Å². The van der Waals surface area contributed by atoms with Gasteiger partial charge in [-0.15, -0.1) is 0 Å². The molecule has 1 aromatic rings. The van der Waals surface area contributed by atoms with Gasteiger partial charge in [0.2, 0.25) is 0 Å². The van der Waals surface area contributed by atoms with Crippen LogP contribution in [0.5, 0.6) is 5.75 Å². The Bertz CT molecular complexity index is 564. The van der Waals surface area contributed by atoms with E-state index in [2.05, 4.69) is 16.9 Å². The summed E-state index contributed by atoms with van der Waals surface area (Å²) in [4.78, 5) is 15.5. The molecule has 2 aliphatic rings. The summed E-state index contributed by atoms with van der Waals surface area (Å²) in [5.41, 5.74) is 2.08. The Morgan fingerprint density at radius 3 is 3.05 bits per heavy atom. The number of anilines is 1. The summed E-state index contributed by atoms with van der Waals surface area (Å²) in [6, 6.07) is 6.11. The van der Waals surface area contributed by atoms with Gasteiger partial charge in [-0.1, -0.05) is 6.07 Å². The van der Waals surface area contributed by atoms with Crippen LogP contribution in [-0.2, 0) is 11.2 Å². The Morgan fingerprint density at radius 2 is 2.27 bits per heavy atom. The van der Waals surface area contributed by atoms with Crippen LogP contribution in [0.2, 0.25) is 6.82 Å². The van der Waals surface area contributed by atoms with Crippen molar-refractivity contribution in [3.8, 4) is 5.75 Å². The standard InChI is InChI=1S/C16H23BN2O3/c1-17(21)19-7-3-4-13(10-19)8-12-5-6-15-14(9-12)18(2)16(20)11-22-15/h5-6,9,13,21H,3-4,7-8,10-11H2,1-2H3. The molecule has 2 heterocycles. The molecule has 1 amide bonds. The number of fused-ring (bicyclic) bond motifs is 1. The van der Waals surface area contributed by atoms with Gasteiger partial charge in [-0.05, 0) is 62.8 Å². The molecule has 1 fully saturated rings. The lowest BCUT2D eigenvalue weighted by Gasteiger charge is -2.34. The van der Waals surface area contributed by atoms with Crippen molar-refractivity contribution in [1.82, 2.24) is 4.81 Å². The molecule has 5 nitrogen and oxygen atoms in total. The van der Waals surface area contributed by atoms with Crippen LogP contribution in [0.1, 0.15) is 18.4 Å². The number of piperidine rings is 1. The van der Waals surface area contributed by atoms with Gasteiger partial charge in [0.25, 0.3) is 5.91 Å². The van der Waals surface area contributed by atoms with Crippen LogP contribution >= 0.6 is 0 Å². The zero-order valence-corrected chi connectivity index (χ0v) is 13.3. The maximum Gasteiger partial charge on any atom is 0.376 e. The number of carbonyl (C=O) groups excluding carboxylic acids is 1. The average molecular weight is 302 g/mol. The van der Waals surface area contributed by atoms with E-state index in [1.807, 2.05) is 12.9 Å². The van der Waals surface area contributed by atoms with Crippen LogP contribution in [0.3, 0.4) is 0 Å². The third kappa shape index (κ3) is 3.13. The molecule has 0 aliphatic carbocycles. The van der Waals surface area contributed by atoms with E-state index < -0.39 is 0 Å². The number of carbonyl (C=O) groups is 1. The van der Waals surface area contributed by atoms with Gasteiger partial charge in [0.1, 0.15) is 5.75 Å². The maximum absolute atomic E-state index is 11.7. The molecule has 0 bridgehead atoms. The highest BCUT2D eigenvalue weighted by molar-refractivity contribution is 6.45. The smallest absolute Gasteiger partial charge is 0.376 e. The molecule has 1 unspecified atom stereocenters. The van der Waals surface area contributed by atoms with Crippen molar-refractivity contribution in [2.45, 2.75) is 26.1 Å². The predicted molar refractivity (Wildman–Crippen MR) is 87.2 cm³/mol. The van der Waals surface area contributed by atoms with E-state index in [1.54, 1.807) is 11.9 Å². The molecule has 118 valence electrons. The van der Waals surface area contributed by atoms with E-state index in [1.165, 1.54) is 12.0 Å². The number of ether oxygens (including phenoxy) is 1. The molecule has 2 aliphatic heterocycles. The minimum absolute atomic E-state index is 0.0115. The van der Waals surface area contributed by atoms with Gasteiger partial charge >= 0.3 is 7.05 Å². The van der Waals surface area contributed by atoms with Crippen LogP contribution in [0.15, 0.2) is 18.2 Å². The van der Waals surface area contributed by atoms with Gasteiger partial charge in [-0.3, -0.25) is 4.79 Å². The summed E-state index contributed by atoms with van der Waals surface area (Å²) >= 11 is 0. The first-order chi connectivity index (χ1) is 10.5. The normalized spacial score (nSPS) is 22.2. The van der Waals surface area contributed by atoms with Gasteiger partial charge in [0, 0.05) is 7.05 Å². The van der Waals surface area contributed by atoms with Crippen LogP contribution in [0.4, 0.5) is 5.69 Å². The lowest BCUT2D eigenvalue weighted by Crippen LogP contribution is -2.44. The highest BCUT2D eigenvalue weighted by Gasteiger charge is 2.26. The van der Waals surface area contributed by atoms with Gasteiger partial charge in [0.15, 0.2) is 6.61 Å². The first-order valence-electron chi connectivity index (χ1n) is 7.99. The molecule has 0 saturated carbocycles. The van der Waals surface area contributed by atoms with E-state index in [4.69, 9.17) is 4.74 Å². The third-order valence-corrected chi connectivity index (χ3v) is 4.71. The number of nitrogens with zero attached hydrogens (tertiary/aromatic N) is 2. The SMILES string of the molecule is CB(O)N1CCCC(Cc2ccc3c(c2)N(C)C(=O)CO3)C1. The topological polar surface area (TPSA) is 53.0 Å². The summed E-state index contributed by atoms with van der Waals surface area (Å²) in [5.74, 6) is 1.31. The summed E-state index contributed by atoms with van der Waals surface area (Å²) in [6.07, 6.45) is 3.28. The maximum atomic E-state index is 11.7. The van der Waals surface area contributed by atoms with Crippen molar-refractivity contribution in [2.75, 3.05) is 31.6 Å². The molecular weight excluding hydrogens is 279 g/mol. The molecule has 6 heteroatoms. The van der Waals surface area contributed by atoms with Crippen molar-refractivity contribution in [2.24, 2.45) is 5.92 Å². The molecule has 0 spiro atoms. The largest absolute Gasteiger partial charge is 0.482 e. The fraction of sp³-hybridized carbons (Fsp3) is 0.562. The monoisotopic (exact) mass is 302 g/mol. The first-order valence-corrected chi connectivity index (χ1v) is 7.99. The van der Waals surface area contributed by atoms with Crippen molar-refractivity contribution < 1.29 is 14.6 Å². The molecule has 1 atom stereocenters. The third-order valence-electron chi connectivity index (χ3n) is 4.71. The van der Waals surface area contributed by atoms with Crippen molar-refractivity contribution in [3.63, 3.8) is 0 Å². The van der Waals surface area contributed by atoms with Gasteiger partial charge in [0.05, 0.1) is 5.69 Å². The molecule has 3 rings (SSSR count). The van der Waals surface area contributed by atoms with Crippen molar-refractivity contribution >= 4 is 18.6 Å². The zero-order chi connectivity index (χ0) is 15.7. The number of rotatable bonds is 3. The van der Waals surface area contributed by atoms with Gasteiger partial charge < -0.3 is 19.5 Å². The van der Waals surface area contributed by atoms with Crippen molar-refractivity contribution in [3.05, 3.63) is 23.8 Å². The summed E-state index contributed by atoms with van der Waals surface area (Å²) < 4.78 is 5.47. The summed E-state index contributed by atoms with van der Waals surface area (Å²) in [6.45, 7) is 3.86. The summed E-state index contributed by atoms with van der Waals surface area (Å²) in [7, 11) is 1.42. The highest BCUT2D eigenvalue weighted by Crippen LogP contribution is 2.33. The molecule has 0 aromatic heterocycles. The molecule has 1 aromatic carbocycles. The Kier molecular flexibility index (Phi) is 4.40. The number of benzene rings is 1. The van der Waals surface area contributed by atoms with Crippen molar-refractivity contribution in [1.29, 1.82) is 0 Å². The second-order valence-electron chi connectivity index (χ2n) is 6.38. The van der Waals surface area contributed by atoms with E-state index >= 15 is 0 Å². The lowest BCUT2D eigenvalue weighted by molar-refractivity contribution is -0.120. The number of hydrogen-bond acceptors (Lipinski definition) is 4. The molecule has 22 heavy (non-hydrogen) atoms. The average Bonchev–Trinajstić information content (AvgIpc) is 2.52.